The summed E-state index contributed by atoms with van der Waals surface area (Å²) in [6.07, 6.45) is 3.79. The van der Waals surface area contributed by atoms with Crippen LogP contribution in [0.4, 0.5) is 0 Å². The minimum absolute atomic E-state index is 0.0665. The molecule has 1 aliphatic rings. The standard InChI is InChI=1S/C24H32N2O2/c1-3-19-11-13-22(14-12-19)28-23(4-2)24(27)25-17-20-7-9-21(10-8-20)18-26-15-5-6-16-26/h7-14,23H,3-6,15-18H2,1-2H3,(H,25,27)/t23-/m1/s1. The summed E-state index contributed by atoms with van der Waals surface area (Å²) in [4.78, 5) is 15.0. The number of carbonyl (C=O) groups excluding carboxylic acids is 1. The van der Waals surface area contributed by atoms with E-state index in [2.05, 4.69) is 41.4 Å². The van der Waals surface area contributed by atoms with Crippen LogP contribution in [0.2, 0.25) is 0 Å². The van der Waals surface area contributed by atoms with E-state index in [1.807, 2.05) is 31.2 Å². The summed E-state index contributed by atoms with van der Waals surface area (Å²) in [6, 6.07) is 16.5. The number of rotatable bonds is 9. The molecule has 0 unspecified atom stereocenters. The number of hydrogen-bond donors (Lipinski definition) is 1. The summed E-state index contributed by atoms with van der Waals surface area (Å²) in [7, 11) is 0. The third-order valence-corrected chi connectivity index (χ3v) is 5.37. The zero-order valence-electron chi connectivity index (χ0n) is 17.1. The van der Waals surface area contributed by atoms with Crippen molar-refractivity contribution in [1.82, 2.24) is 10.2 Å². The van der Waals surface area contributed by atoms with Crippen LogP contribution in [-0.2, 0) is 24.3 Å². The number of likely N-dealkylation sites (tertiary alicyclic amines) is 1. The molecular weight excluding hydrogens is 348 g/mol. The van der Waals surface area contributed by atoms with Crippen LogP contribution in [0.25, 0.3) is 0 Å². The molecule has 1 N–H and O–H groups in total. The SMILES string of the molecule is CCc1ccc(O[C@H](CC)C(=O)NCc2ccc(CN3CCCC3)cc2)cc1. The van der Waals surface area contributed by atoms with Crippen molar-refractivity contribution in [3.05, 3.63) is 65.2 Å². The summed E-state index contributed by atoms with van der Waals surface area (Å²) in [5.74, 6) is 0.675. The van der Waals surface area contributed by atoms with Gasteiger partial charge in [0.1, 0.15) is 5.75 Å². The minimum Gasteiger partial charge on any atom is -0.481 e. The van der Waals surface area contributed by atoms with Gasteiger partial charge in [0.2, 0.25) is 0 Å². The molecule has 1 amide bonds. The van der Waals surface area contributed by atoms with E-state index in [0.29, 0.717) is 13.0 Å². The average molecular weight is 381 g/mol. The van der Waals surface area contributed by atoms with Crippen LogP contribution in [0.3, 0.4) is 0 Å². The van der Waals surface area contributed by atoms with Crippen LogP contribution >= 0.6 is 0 Å². The first kappa shape index (κ1) is 20.4. The van der Waals surface area contributed by atoms with Crippen molar-refractivity contribution in [1.29, 1.82) is 0 Å². The van der Waals surface area contributed by atoms with Gasteiger partial charge in [0.05, 0.1) is 0 Å². The number of nitrogens with one attached hydrogen (secondary N) is 1. The molecule has 4 nitrogen and oxygen atoms in total. The van der Waals surface area contributed by atoms with Gasteiger partial charge in [-0.05, 0) is 67.6 Å². The Morgan fingerprint density at radius 3 is 2.18 bits per heavy atom. The highest BCUT2D eigenvalue weighted by atomic mass is 16.5. The van der Waals surface area contributed by atoms with E-state index in [9.17, 15) is 4.79 Å². The Bertz CT molecular complexity index is 734. The van der Waals surface area contributed by atoms with Gasteiger partial charge in [-0.3, -0.25) is 9.69 Å². The van der Waals surface area contributed by atoms with Crippen LogP contribution in [0.1, 0.15) is 49.8 Å². The van der Waals surface area contributed by atoms with Crippen molar-refractivity contribution < 1.29 is 9.53 Å². The summed E-state index contributed by atoms with van der Waals surface area (Å²) in [6.45, 7) is 8.05. The molecule has 0 aliphatic carbocycles. The third kappa shape index (κ3) is 5.83. The Morgan fingerprint density at radius 1 is 0.964 bits per heavy atom. The summed E-state index contributed by atoms with van der Waals surface area (Å²) in [5, 5.41) is 3.01. The van der Waals surface area contributed by atoms with Crippen molar-refractivity contribution in [3.63, 3.8) is 0 Å². The Morgan fingerprint density at radius 2 is 1.57 bits per heavy atom. The second-order valence-electron chi connectivity index (χ2n) is 7.53. The Kier molecular flexibility index (Phi) is 7.49. The second kappa shape index (κ2) is 10.3. The molecule has 150 valence electrons. The number of aryl methyl sites for hydroxylation is 1. The van der Waals surface area contributed by atoms with Gasteiger partial charge in [-0.1, -0.05) is 50.2 Å². The lowest BCUT2D eigenvalue weighted by molar-refractivity contribution is -0.128. The van der Waals surface area contributed by atoms with E-state index < -0.39 is 6.10 Å². The van der Waals surface area contributed by atoms with Gasteiger partial charge in [0.15, 0.2) is 6.10 Å². The molecule has 0 aromatic heterocycles. The highest BCUT2D eigenvalue weighted by Crippen LogP contribution is 2.16. The largest absolute Gasteiger partial charge is 0.481 e. The Balaban J connectivity index is 1.48. The normalized spacial score (nSPS) is 15.4. The average Bonchev–Trinajstić information content (AvgIpc) is 3.24. The van der Waals surface area contributed by atoms with E-state index in [-0.39, 0.29) is 5.91 Å². The molecule has 4 heteroatoms. The van der Waals surface area contributed by atoms with E-state index >= 15 is 0 Å². The van der Waals surface area contributed by atoms with E-state index in [1.54, 1.807) is 0 Å². The third-order valence-electron chi connectivity index (χ3n) is 5.37. The number of benzene rings is 2. The number of amides is 1. The van der Waals surface area contributed by atoms with Gasteiger partial charge in [0.25, 0.3) is 5.91 Å². The van der Waals surface area contributed by atoms with Gasteiger partial charge in [-0.2, -0.15) is 0 Å². The van der Waals surface area contributed by atoms with Crippen molar-refractivity contribution in [2.45, 2.75) is 58.7 Å². The maximum atomic E-state index is 12.5. The molecule has 1 aliphatic heterocycles. The van der Waals surface area contributed by atoms with Crippen LogP contribution in [0.5, 0.6) is 5.75 Å². The lowest BCUT2D eigenvalue weighted by Crippen LogP contribution is -2.37. The molecule has 0 saturated carbocycles. The first-order valence-corrected chi connectivity index (χ1v) is 10.5. The Hall–Kier alpha value is -2.33. The Labute approximate surface area is 168 Å². The number of hydrogen-bond acceptors (Lipinski definition) is 3. The smallest absolute Gasteiger partial charge is 0.261 e. The lowest BCUT2D eigenvalue weighted by Gasteiger charge is -2.18. The highest BCUT2D eigenvalue weighted by molar-refractivity contribution is 5.81. The van der Waals surface area contributed by atoms with Gasteiger partial charge in [-0.25, -0.2) is 0 Å². The quantitative estimate of drug-likeness (QED) is 0.704. The van der Waals surface area contributed by atoms with Gasteiger partial charge < -0.3 is 10.1 Å². The maximum absolute atomic E-state index is 12.5. The molecule has 1 atom stereocenters. The van der Waals surface area contributed by atoms with Crippen LogP contribution in [0.15, 0.2) is 48.5 Å². The monoisotopic (exact) mass is 380 g/mol. The van der Waals surface area contributed by atoms with Crippen molar-refractivity contribution >= 4 is 5.91 Å². The number of carbonyl (C=O) groups is 1. The zero-order chi connectivity index (χ0) is 19.8. The van der Waals surface area contributed by atoms with Gasteiger partial charge in [-0.15, -0.1) is 0 Å². The molecule has 28 heavy (non-hydrogen) atoms. The fourth-order valence-electron chi connectivity index (χ4n) is 3.55. The second-order valence-corrected chi connectivity index (χ2v) is 7.53. The molecule has 2 aromatic rings. The molecule has 1 fully saturated rings. The van der Waals surface area contributed by atoms with E-state index in [1.165, 1.54) is 37.1 Å². The van der Waals surface area contributed by atoms with Crippen molar-refractivity contribution in [3.8, 4) is 5.75 Å². The molecule has 2 aromatic carbocycles. The van der Waals surface area contributed by atoms with Crippen LogP contribution < -0.4 is 10.1 Å². The predicted octanol–water partition coefficient (Wildman–Crippen LogP) is 4.32. The molecule has 1 heterocycles. The van der Waals surface area contributed by atoms with Crippen LogP contribution in [0, 0.1) is 0 Å². The van der Waals surface area contributed by atoms with E-state index in [0.717, 1.165) is 24.3 Å². The lowest BCUT2D eigenvalue weighted by atomic mass is 10.1. The van der Waals surface area contributed by atoms with Gasteiger partial charge >= 0.3 is 0 Å². The molecule has 1 saturated heterocycles. The van der Waals surface area contributed by atoms with E-state index in [4.69, 9.17) is 4.74 Å². The van der Waals surface area contributed by atoms with Crippen LogP contribution in [-0.4, -0.2) is 30.0 Å². The maximum Gasteiger partial charge on any atom is 0.261 e. The summed E-state index contributed by atoms with van der Waals surface area (Å²) < 4.78 is 5.89. The fraction of sp³-hybridized carbons (Fsp3) is 0.458. The first-order chi connectivity index (χ1) is 13.7. The number of ether oxygens (including phenoxy) is 1. The molecule has 3 rings (SSSR count). The number of nitrogens with zero attached hydrogens (tertiary/aromatic N) is 1. The summed E-state index contributed by atoms with van der Waals surface area (Å²) >= 11 is 0. The van der Waals surface area contributed by atoms with Crippen molar-refractivity contribution in [2.75, 3.05) is 13.1 Å². The predicted molar refractivity (Wildman–Crippen MR) is 113 cm³/mol. The topological polar surface area (TPSA) is 41.6 Å². The highest BCUT2D eigenvalue weighted by Gasteiger charge is 2.18. The molecule has 0 bridgehead atoms. The summed E-state index contributed by atoms with van der Waals surface area (Å²) in [5.41, 5.74) is 3.71. The van der Waals surface area contributed by atoms with Crippen molar-refractivity contribution in [2.24, 2.45) is 0 Å². The first-order valence-electron chi connectivity index (χ1n) is 10.5. The molecule has 0 radical (unpaired) electrons. The minimum atomic E-state index is -0.470. The zero-order valence-corrected chi connectivity index (χ0v) is 17.1. The molecule has 0 spiro atoms. The molecular formula is C24H32N2O2. The van der Waals surface area contributed by atoms with Gasteiger partial charge in [0, 0.05) is 13.1 Å². The fourth-order valence-corrected chi connectivity index (χ4v) is 3.55.